The minimum atomic E-state index is -4.88. The van der Waals surface area contributed by atoms with Gasteiger partial charge in [-0.2, -0.15) is 26.3 Å². The van der Waals surface area contributed by atoms with Crippen molar-refractivity contribution < 1.29 is 45.3 Å². The van der Waals surface area contributed by atoms with Gasteiger partial charge in [-0.05, 0) is 26.0 Å². The number of hydrogen-bond acceptors (Lipinski definition) is 5. The minimum absolute atomic E-state index is 0.140. The Morgan fingerprint density at radius 3 is 2.32 bits per heavy atom. The zero-order valence-corrected chi connectivity index (χ0v) is 15.3. The van der Waals surface area contributed by atoms with E-state index in [2.05, 4.69) is 4.98 Å². The van der Waals surface area contributed by atoms with E-state index in [0.29, 0.717) is 6.07 Å². The molecule has 2 unspecified atom stereocenters. The number of alkyl halides is 6. The van der Waals surface area contributed by atoms with Gasteiger partial charge in [0.1, 0.15) is 5.69 Å². The van der Waals surface area contributed by atoms with Gasteiger partial charge in [0, 0.05) is 17.1 Å². The first-order valence-electron chi connectivity index (χ1n) is 8.07. The Hall–Kier alpha value is -2.46. The zero-order chi connectivity index (χ0) is 21.5. The first-order chi connectivity index (χ1) is 12.8. The van der Waals surface area contributed by atoms with Gasteiger partial charge >= 0.3 is 18.3 Å². The summed E-state index contributed by atoms with van der Waals surface area (Å²) in [5.74, 6) is -3.96. The molecule has 0 radical (unpaired) electrons. The largest absolute Gasteiger partial charge is 0.481 e. The second kappa shape index (κ2) is 7.17. The molecule has 5 nitrogen and oxygen atoms in total. The Kier molecular flexibility index (Phi) is 5.59. The molecule has 0 fully saturated rings. The molecule has 28 heavy (non-hydrogen) atoms. The van der Waals surface area contributed by atoms with Crippen LogP contribution in [0, 0.1) is 5.92 Å². The van der Waals surface area contributed by atoms with Crippen molar-refractivity contribution in [1.29, 1.82) is 0 Å². The van der Waals surface area contributed by atoms with Crippen molar-refractivity contribution >= 4 is 11.5 Å². The predicted octanol–water partition coefficient (Wildman–Crippen LogP) is 4.37. The van der Waals surface area contributed by atoms with Gasteiger partial charge in [0.15, 0.2) is 0 Å². The average molecular weight is 413 g/mol. The lowest BCUT2D eigenvalue weighted by Gasteiger charge is -2.32. The third-order valence-electron chi connectivity index (χ3n) is 4.48. The Morgan fingerprint density at radius 2 is 1.86 bits per heavy atom. The SMILES string of the molecule is CCOC(=O)C1=C(c2ccc(C(F)(F)F)nc2OC)C(C)C(C)(C(F)(F)F)O1. The molecule has 0 saturated heterocycles. The van der Waals surface area contributed by atoms with Crippen molar-refractivity contribution in [2.75, 3.05) is 13.7 Å². The number of ether oxygens (including phenoxy) is 3. The monoisotopic (exact) mass is 413 g/mol. The number of esters is 1. The molecule has 0 bridgehead atoms. The molecule has 1 aliphatic heterocycles. The maximum Gasteiger partial charge on any atom is 0.433 e. The number of halogens is 6. The standard InChI is InChI=1S/C17H17F6NO4/c1-5-27-14(25)12-11(8(2)15(3,28-12)17(21,22)23)9-6-7-10(16(18,19)20)24-13(9)26-4/h6-8H,5H2,1-4H3. The molecule has 1 aromatic rings. The lowest BCUT2D eigenvalue weighted by atomic mass is 9.83. The Balaban J connectivity index is 2.70. The lowest BCUT2D eigenvalue weighted by molar-refractivity contribution is -0.262. The van der Waals surface area contributed by atoms with Crippen LogP contribution in [0.2, 0.25) is 0 Å². The zero-order valence-electron chi connectivity index (χ0n) is 15.3. The van der Waals surface area contributed by atoms with Gasteiger partial charge in [-0.3, -0.25) is 0 Å². The van der Waals surface area contributed by atoms with Crippen LogP contribution in [0.15, 0.2) is 17.9 Å². The molecule has 0 aromatic carbocycles. The van der Waals surface area contributed by atoms with E-state index in [1.54, 1.807) is 0 Å². The van der Waals surface area contributed by atoms with Gasteiger partial charge in [-0.25, -0.2) is 9.78 Å². The van der Waals surface area contributed by atoms with Crippen LogP contribution < -0.4 is 4.74 Å². The van der Waals surface area contributed by atoms with Crippen molar-refractivity contribution in [2.24, 2.45) is 5.92 Å². The summed E-state index contributed by atoms with van der Waals surface area (Å²) in [5, 5.41) is 0. The summed E-state index contributed by atoms with van der Waals surface area (Å²) in [7, 11) is 1.01. The maximum absolute atomic E-state index is 13.6. The number of pyridine rings is 1. The average Bonchev–Trinajstić information content (AvgIpc) is 2.86. The molecular formula is C17H17F6NO4. The highest BCUT2D eigenvalue weighted by Crippen LogP contribution is 2.53. The highest BCUT2D eigenvalue weighted by atomic mass is 19.4. The number of rotatable bonds is 4. The predicted molar refractivity (Wildman–Crippen MR) is 84.1 cm³/mol. The molecule has 0 saturated carbocycles. The van der Waals surface area contributed by atoms with Crippen LogP contribution in [0.3, 0.4) is 0 Å². The van der Waals surface area contributed by atoms with E-state index in [-0.39, 0.29) is 17.7 Å². The van der Waals surface area contributed by atoms with Crippen molar-refractivity contribution in [3.8, 4) is 5.88 Å². The van der Waals surface area contributed by atoms with Crippen molar-refractivity contribution in [3.63, 3.8) is 0 Å². The van der Waals surface area contributed by atoms with E-state index in [4.69, 9.17) is 14.2 Å². The topological polar surface area (TPSA) is 57.7 Å². The first kappa shape index (κ1) is 21.8. The van der Waals surface area contributed by atoms with Gasteiger partial charge in [-0.15, -0.1) is 0 Å². The number of aromatic nitrogens is 1. The van der Waals surface area contributed by atoms with Crippen LogP contribution in [-0.2, 0) is 20.4 Å². The molecule has 2 atom stereocenters. The van der Waals surface area contributed by atoms with E-state index in [1.165, 1.54) is 6.92 Å². The quantitative estimate of drug-likeness (QED) is 0.542. The second-order valence-corrected chi connectivity index (χ2v) is 6.14. The minimum Gasteiger partial charge on any atom is -0.481 e. The van der Waals surface area contributed by atoms with Crippen LogP contribution in [0.5, 0.6) is 5.88 Å². The number of methoxy groups -OCH3 is 1. The van der Waals surface area contributed by atoms with Gasteiger partial charge in [0.25, 0.3) is 0 Å². The number of carbonyl (C=O) groups is 1. The summed E-state index contributed by atoms with van der Waals surface area (Å²) in [6, 6.07) is 1.48. The van der Waals surface area contributed by atoms with Gasteiger partial charge in [0.05, 0.1) is 13.7 Å². The fourth-order valence-electron chi connectivity index (χ4n) is 2.79. The molecular weight excluding hydrogens is 396 g/mol. The van der Waals surface area contributed by atoms with Crippen LogP contribution in [0.1, 0.15) is 32.0 Å². The molecule has 156 valence electrons. The van der Waals surface area contributed by atoms with E-state index in [9.17, 15) is 31.1 Å². The van der Waals surface area contributed by atoms with Crippen LogP contribution >= 0.6 is 0 Å². The van der Waals surface area contributed by atoms with Gasteiger partial charge in [0.2, 0.25) is 17.2 Å². The molecule has 1 aliphatic rings. The molecule has 2 heterocycles. The highest BCUT2D eigenvalue weighted by molar-refractivity contribution is 5.98. The highest BCUT2D eigenvalue weighted by Gasteiger charge is 2.63. The summed E-state index contributed by atoms with van der Waals surface area (Å²) in [6.07, 6.45) is -9.67. The third-order valence-corrected chi connectivity index (χ3v) is 4.48. The lowest BCUT2D eigenvalue weighted by Crippen LogP contribution is -2.47. The second-order valence-electron chi connectivity index (χ2n) is 6.14. The third kappa shape index (κ3) is 3.61. The molecule has 1 aromatic heterocycles. The van der Waals surface area contributed by atoms with Gasteiger partial charge < -0.3 is 14.2 Å². The summed E-state index contributed by atoms with van der Waals surface area (Å²) < 4.78 is 94.1. The van der Waals surface area contributed by atoms with Crippen LogP contribution in [0.25, 0.3) is 5.57 Å². The van der Waals surface area contributed by atoms with Crippen LogP contribution in [0.4, 0.5) is 26.3 Å². The summed E-state index contributed by atoms with van der Waals surface area (Å²) >= 11 is 0. The Labute approximate surface area is 156 Å². The van der Waals surface area contributed by atoms with E-state index in [1.807, 2.05) is 0 Å². The number of nitrogens with zero attached hydrogens (tertiary/aromatic N) is 1. The van der Waals surface area contributed by atoms with E-state index in [0.717, 1.165) is 27.0 Å². The summed E-state index contributed by atoms with van der Waals surface area (Å²) in [4.78, 5) is 15.5. The molecule has 11 heteroatoms. The van der Waals surface area contributed by atoms with Crippen molar-refractivity contribution in [1.82, 2.24) is 4.98 Å². The maximum atomic E-state index is 13.6. The summed E-state index contributed by atoms with van der Waals surface area (Å²) in [5.41, 5.74) is -4.61. The van der Waals surface area contributed by atoms with Crippen molar-refractivity contribution in [3.05, 3.63) is 29.1 Å². The normalized spacial score (nSPS) is 22.9. The van der Waals surface area contributed by atoms with E-state index < -0.39 is 47.2 Å². The fourth-order valence-corrected chi connectivity index (χ4v) is 2.79. The molecule has 0 N–H and O–H groups in total. The molecule has 0 aliphatic carbocycles. The fraction of sp³-hybridized carbons (Fsp3) is 0.529. The first-order valence-corrected chi connectivity index (χ1v) is 8.07. The molecule has 0 amide bonds. The van der Waals surface area contributed by atoms with E-state index >= 15 is 0 Å². The molecule has 2 rings (SSSR count). The van der Waals surface area contributed by atoms with Crippen LogP contribution in [-0.4, -0.2) is 36.4 Å². The number of carbonyl (C=O) groups excluding carboxylic acids is 1. The Bertz CT molecular complexity index is 802. The Morgan fingerprint density at radius 1 is 1.25 bits per heavy atom. The molecule has 0 spiro atoms. The summed E-state index contributed by atoms with van der Waals surface area (Å²) in [6.45, 7) is 3.19. The van der Waals surface area contributed by atoms with Gasteiger partial charge in [-0.1, -0.05) is 6.92 Å². The number of hydrogen-bond donors (Lipinski definition) is 0. The smallest absolute Gasteiger partial charge is 0.433 e. The van der Waals surface area contributed by atoms with Crippen molar-refractivity contribution in [2.45, 2.75) is 38.7 Å².